The minimum absolute atomic E-state index is 0.0177. The predicted molar refractivity (Wildman–Crippen MR) is 150 cm³/mol. The van der Waals surface area contributed by atoms with E-state index in [4.69, 9.17) is 0 Å². The van der Waals surface area contributed by atoms with Crippen molar-refractivity contribution in [2.75, 3.05) is 13.6 Å². The van der Waals surface area contributed by atoms with E-state index in [1.54, 1.807) is 18.3 Å². The Morgan fingerprint density at radius 2 is 1.61 bits per heavy atom. The summed E-state index contributed by atoms with van der Waals surface area (Å²) in [6.45, 7) is 3.63. The summed E-state index contributed by atoms with van der Waals surface area (Å²) in [4.78, 5) is 72.1. The molecule has 1 aromatic heterocycles. The number of aromatic amines is 1. The van der Waals surface area contributed by atoms with Crippen LogP contribution in [0.5, 0.6) is 0 Å². The molecule has 2 aromatic carbocycles. The highest BCUT2D eigenvalue weighted by Crippen LogP contribution is 2.28. The summed E-state index contributed by atoms with van der Waals surface area (Å²) < 4.78 is 0. The number of likely N-dealkylation sites (N-methyl/N-ethyl adjacent to an activating group) is 1. The fourth-order valence-corrected chi connectivity index (χ4v) is 4.95. The van der Waals surface area contributed by atoms with E-state index >= 15 is 0 Å². The third-order valence-electron chi connectivity index (χ3n) is 7.06. The van der Waals surface area contributed by atoms with Crippen molar-refractivity contribution in [3.05, 3.63) is 65.7 Å². The van der Waals surface area contributed by atoms with Gasteiger partial charge in [-0.25, -0.2) is 4.98 Å². The molecule has 3 aromatic rings. The van der Waals surface area contributed by atoms with Gasteiger partial charge in [-0.1, -0.05) is 38.1 Å². The van der Waals surface area contributed by atoms with E-state index in [0.717, 1.165) is 15.7 Å². The number of benzene rings is 2. The lowest BCUT2D eigenvalue weighted by atomic mass is 10.0. The Bertz CT molecular complexity index is 1400. The first kappa shape index (κ1) is 29.4. The van der Waals surface area contributed by atoms with Crippen molar-refractivity contribution in [2.45, 2.75) is 51.2 Å². The van der Waals surface area contributed by atoms with Crippen LogP contribution in [0, 0.1) is 5.92 Å². The number of H-pyrrole nitrogens is 1. The molecule has 12 heteroatoms. The molecule has 2 heterocycles. The highest BCUT2D eigenvalue weighted by atomic mass is 16.4. The number of rotatable bonds is 13. The summed E-state index contributed by atoms with van der Waals surface area (Å²) in [5.74, 6) is -3.12. The predicted octanol–water partition coefficient (Wildman–Crippen LogP) is 1.48. The molecule has 0 spiro atoms. The van der Waals surface area contributed by atoms with Gasteiger partial charge in [-0.2, -0.15) is 0 Å². The van der Waals surface area contributed by atoms with Crippen molar-refractivity contribution >= 4 is 40.4 Å². The van der Waals surface area contributed by atoms with E-state index in [1.165, 1.54) is 13.4 Å². The molecule has 216 valence electrons. The second-order valence-electron chi connectivity index (χ2n) is 10.5. The SMILES string of the molecule is CNC(=O)[C@H](Cc1cnc[nH]1)NC(=O)[C@H](CC(C)C)NC(CCN1C(=O)c2cc3ccccc3cc2C1=O)C(=O)O. The molecule has 5 N–H and O–H groups in total. The minimum atomic E-state index is -1.24. The van der Waals surface area contributed by atoms with Crippen LogP contribution in [0.25, 0.3) is 10.8 Å². The first-order valence-corrected chi connectivity index (χ1v) is 13.5. The number of carbonyl (C=O) groups is 5. The zero-order valence-corrected chi connectivity index (χ0v) is 23.1. The van der Waals surface area contributed by atoms with Gasteiger partial charge in [0.05, 0.1) is 23.5 Å². The number of imide groups is 1. The number of carboxylic acid groups (broad SMARTS) is 1. The summed E-state index contributed by atoms with van der Waals surface area (Å²) in [5, 5.41) is 19.8. The quantitative estimate of drug-likeness (QED) is 0.195. The lowest BCUT2D eigenvalue weighted by Gasteiger charge is -2.27. The monoisotopic (exact) mass is 562 g/mol. The van der Waals surface area contributed by atoms with E-state index in [9.17, 15) is 29.1 Å². The molecule has 4 rings (SSSR count). The van der Waals surface area contributed by atoms with E-state index in [0.29, 0.717) is 12.1 Å². The van der Waals surface area contributed by atoms with Crippen molar-refractivity contribution in [3.8, 4) is 0 Å². The largest absolute Gasteiger partial charge is 0.480 e. The molecule has 12 nitrogen and oxygen atoms in total. The molecular formula is C29H34N6O6. The number of carbonyl (C=O) groups excluding carboxylic acids is 4. The number of hydrogen-bond acceptors (Lipinski definition) is 7. The van der Waals surface area contributed by atoms with Crippen molar-refractivity contribution in [3.63, 3.8) is 0 Å². The molecule has 0 aliphatic carbocycles. The molecule has 1 aliphatic heterocycles. The van der Waals surface area contributed by atoms with Gasteiger partial charge in [0.15, 0.2) is 0 Å². The first-order valence-electron chi connectivity index (χ1n) is 13.5. The van der Waals surface area contributed by atoms with Crippen LogP contribution >= 0.6 is 0 Å². The van der Waals surface area contributed by atoms with Gasteiger partial charge < -0.3 is 20.7 Å². The van der Waals surface area contributed by atoms with E-state index in [-0.39, 0.29) is 36.4 Å². The van der Waals surface area contributed by atoms with Gasteiger partial charge in [-0.15, -0.1) is 0 Å². The van der Waals surface area contributed by atoms with Gasteiger partial charge >= 0.3 is 5.97 Å². The lowest BCUT2D eigenvalue weighted by Crippen LogP contribution is -2.56. The van der Waals surface area contributed by atoms with Crippen LogP contribution in [0.3, 0.4) is 0 Å². The Morgan fingerprint density at radius 3 is 2.12 bits per heavy atom. The molecule has 1 aliphatic rings. The zero-order valence-electron chi connectivity index (χ0n) is 23.1. The van der Waals surface area contributed by atoms with Crippen LogP contribution < -0.4 is 16.0 Å². The Morgan fingerprint density at radius 1 is 0.976 bits per heavy atom. The maximum atomic E-state index is 13.3. The van der Waals surface area contributed by atoms with Crippen LogP contribution in [-0.2, 0) is 20.8 Å². The smallest absolute Gasteiger partial charge is 0.320 e. The van der Waals surface area contributed by atoms with Crippen LogP contribution in [0.1, 0.15) is 53.1 Å². The van der Waals surface area contributed by atoms with E-state index in [1.807, 2.05) is 38.1 Å². The molecule has 0 bridgehead atoms. The molecule has 0 radical (unpaired) electrons. The Balaban J connectivity index is 1.46. The molecule has 41 heavy (non-hydrogen) atoms. The normalized spacial score (nSPS) is 15.1. The maximum absolute atomic E-state index is 13.3. The third-order valence-corrected chi connectivity index (χ3v) is 7.06. The molecular weight excluding hydrogens is 528 g/mol. The standard InChI is InChI=1S/C29H34N6O6/c1-16(2)10-23(26(37)34-24(25(36)30-3)13-19-14-31-15-32-19)33-22(29(40)41)8-9-35-27(38)20-11-17-6-4-5-7-18(17)12-21(20)28(35)39/h4-7,11-12,14-16,22-24,33H,8-10,13H2,1-3H3,(H,30,36)(H,31,32)(H,34,37)(H,40,41)/t22?,23-,24-/m0/s1. The van der Waals surface area contributed by atoms with Crippen LogP contribution in [0.15, 0.2) is 48.9 Å². The summed E-state index contributed by atoms with van der Waals surface area (Å²) in [6, 6.07) is 7.63. The van der Waals surface area contributed by atoms with Gasteiger partial charge in [-0.3, -0.25) is 34.2 Å². The Labute approximate surface area is 236 Å². The van der Waals surface area contributed by atoms with Gasteiger partial charge in [0.2, 0.25) is 11.8 Å². The van der Waals surface area contributed by atoms with Crippen LogP contribution in [0.4, 0.5) is 0 Å². The van der Waals surface area contributed by atoms with Gasteiger partial charge in [0.1, 0.15) is 12.1 Å². The maximum Gasteiger partial charge on any atom is 0.320 e. The van der Waals surface area contributed by atoms with Crippen LogP contribution in [0.2, 0.25) is 0 Å². The molecule has 0 saturated heterocycles. The van der Waals surface area contributed by atoms with Crippen LogP contribution in [-0.4, -0.2) is 81.3 Å². The van der Waals surface area contributed by atoms with Gasteiger partial charge in [-0.05, 0) is 41.7 Å². The van der Waals surface area contributed by atoms with Gasteiger partial charge in [0.25, 0.3) is 11.8 Å². The average Bonchev–Trinajstić information content (AvgIpc) is 3.54. The van der Waals surface area contributed by atoms with Gasteiger partial charge in [0, 0.05) is 31.9 Å². The Hall–Kier alpha value is -4.58. The molecule has 0 fully saturated rings. The Kier molecular flexibility index (Phi) is 9.13. The average molecular weight is 563 g/mol. The number of fused-ring (bicyclic) bond motifs is 2. The number of imidazole rings is 1. The molecule has 0 saturated carbocycles. The lowest BCUT2D eigenvalue weighted by molar-refractivity contribution is -0.140. The minimum Gasteiger partial charge on any atom is -0.480 e. The number of amides is 4. The summed E-state index contributed by atoms with van der Waals surface area (Å²) in [7, 11) is 1.46. The molecule has 3 atom stereocenters. The van der Waals surface area contributed by atoms with Crippen molar-refractivity contribution < 1.29 is 29.1 Å². The van der Waals surface area contributed by atoms with E-state index in [2.05, 4.69) is 25.9 Å². The highest BCUT2D eigenvalue weighted by Gasteiger charge is 2.37. The third kappa shape index (κ3) is 6.77. The number of nitrogens with zero attached hydrogens (tertiary/aromatic N) is 2. The second kappa shape index (κ2) is 12.7. The fraction of sp³-hybridized carbons (Fsp3) is 0.379. The number of carboxylic acids is 1. The van der Waals surface area contributed by atoms with Crippen molar-refractivity contribution in [1.29, 1.82) is 0 Å². The fourth-order valence-electron chi connectivity index (χ4n) is 4.95. The molecule has 4 amide bonds. The highest BCUT2D eigenvalue weighted by molar-refractivity contribution is 6.23. The molecule has 1 unspecified atom stereocenters. The summed E-state index contributed by atoms with van der Waals surface area (Å²) >= 11 is 0. The van der Waals surface area contributed by atoms with E-state index < -0.39 is 47.7 Å². The van der Waals surface area contributed by atoms with Crippen molar-refractivity contribution in [1.82, 2.24) is 30.8 Å². The number of aliphatic carboxylic acids is 1. The summed E-state index contributed by atoms with van der Waals surface area (Å²) in [6.07, 6.45) is 3.36. The summed E-state index contributed by atoms with van der Waals surface area (Å²) in [5.41, 5.74) is 1.20. The topological polar surface area (TPSA) is 174 Å². The second-order valence-corrected chi connectivity index (χ2v) is 10.5. The van der Waals surface area contributed by atoms with Crippen molar-refractivity contribution in [2.24, 2.45) is 5.92 Å². The number of hydrogen-bond donors (Lipinski definition) is 5. The first-order chi connectivity index (χ1) is 19.6. The number of aromatic nitrogens is 2. The zero-order chi connectivity index (χ0) is 29.7. The number of nitrogens with one attached hydrogen (secondary N) is 4.